The molecule has 2 heterocycles. The minimum Gasteiger partial charge on any atom is -0.378 e. The Bertz CT molecular complexity index is 1020. The molecule has 0 aliphatic carbocycles. The van der Waals surface area contributed by atoms with Gasteiger partial charge in [0.2, 0.25) is 0 Å². The zero-order chi connectivity index (χ0) is 19.0. The molecule has 1 amide bonds. The first-order chi connectivity index (χ1) is 13.0. The topological polar surface area (TPSA) is 41.6 Å². The number of rotatable bonds is 3. The van der Waals surface area contributed by atoms with Crippen LogP contribution in [0.4, 0.5) is 20.2 Å². The summed E-state index contributed by atoms with van der Waals surface area (Å²) in [4.78, 5) is 14.7. The van der Waals surface area contributed by atoms with Crippen molar-refractivity contribution >= 4 is 50.3 Å². The number of morpholine rings is 1. The molecule has 8 heteroatoms. The van der Waals surface area contributed by atoms with Crippen molar-refractivity contribution in [3.8, 4) is 0 Å². The van der Waals surface area contributed by atoms with Crippen LogP contribution in [0.2, 0.25) is 5.02 Å². The second-order valence-corrected chi connectivity index (χ2v) is 7.54. The van der Waals surface area contributed by atoms with Crippen molar-refractivity contribution in [2.24, 2.45) is 0 Å². The van der Waals surface area contributed by atoms with Crippen LogP contribution in [0.3, 0.4) is 0 Å². The molecule has 4 rings (SSSR count). The molecule has 1 saturated heterocycles. The molecule has 1 N–H and O–H groups in total. The Morgan fingerprint density at radius 2 is 1.93 bits per heavy atom. The molecule has 0 saturated carbocycles. The second kappa shape index (κ2) is 7.42. The van der Waals surface area contributed by atoms with Gasteiger partial charge in [0.15, 0.2) is 0 Å². The Kier molecular flexibility index (Phi) is 4.99. The van der Waals surface area contributed by atoms with Crippen LogP contribution in [0.15, 0.2) is 36.4 Å². The standard InChI is InChI=1S/C19H15ClF2N2O2S/c20-17-13-3-1-11(21)9-16(13)27-18(17)19(25)23-12-2-4-15(14(22)10-12)24-5-7-26-8-6-24/h1-4,9-10H,5-8H2,(H,23,25). The molecule has 1 aliphatic rings. The third kappa shape index (κ3) is 3.63. The number of nitrogens with zero attached hydrogens (tertiary/aromatic N) is 1. The smallest absolute Gasteiger partial charge is 0.267 e. The summed E-state index contributed by atoms with van der Waals surface area (Å²) in [7, 11) is 0. The fourth-order valence-electron chi connectivity index (χ4n) is 3.02. The summed E-state index contributed by atoms with van der Waals surface area (Å²) in [6.45, 7) is 2.36. The van der Waals surface area contributed by atoms with E-state index in [1.54, 1.807) is 12.1 Å². The van der Waals surface area contributed by atoms with Crippen molar-refractivity contribution in [3.05, 3.63) is 57.9 Å². The molecular weight excluding hydrogens is 394 g/mol. The van der Waals surface area contributed by atoms with E-state index in [4.69, 9.17) is 16.3 Å². The second-order valence-electron chi connectivity index (χ2n) is 6.11. The van der Waals surface area contributed by atoms with Gasteiger partial charge >= 0.3 is 0 Å². The van der Waals surface area contributed by atoms with E-state index in [-0.39, 0.29) is 9.90 Å². The lowest BCUT2D eigenvalue weighted by Crippen LogP contribution is -2.36. The summed E-state index contributed by atoms with van der Waals surface area (Å²) >= 11 is 7.36. The third-order valence-electron chi connectivity index (χ3n) is 4.36. The summed E-state index contributed by atoms with van der Waals surface area (Å²) in [6, 6.07) is 8.73. The average Bonchev–Trinajstić information content (AvgIpc) is 2.98. The van der Waals surface area contributed by atoms with E-state index in [9.17, 15) is 13.6 Å². The summed E-state index contributed by atoms with van der Waals surface area (Å²) < 4.78 is 33.7. The molecule has 0 bridgehead atoms. The zero-order valence-corrected chi connectivity index (χ0v) is 15.7. The van der Waals surface area contributed by atoms with Crippen molar-refractivity contribution in [2.45, 2.75) is 0 Å². The van der Waals surface area contributed by atoms with E-state index in [2.05, 4.69) is 5.32 Å². The first-order valence-electron chi connectivity index (χ1n) is 8.34. The van der Waals surface area contributed by atoms with Gasteiger partial charge in [0, 0.05) is 28.9 Å². The number of carbonyl (C=O) groups excluding carboxylic acids is 1. The van der Waals surface area contributed by atoms with Gasteiger partial charge in [0.25, 0.3) is 5.91 Å². The van der Waals surface area contributed by atoms with E-state index in [0.717, 1.165) is 11.3 Å². The lowest BCUT2D eigenvalue weighted by molar-refractivity contribution is 0.103. The fraction of sp³-hybridized carbons (Fsp3) is 0.211. The van der Waals surface area contributed by atoms with Gasteiger partial charge in [0.05, 0.1) is 23.9 Å². The van der Waals surface area contributed by atoms with Crippen molar-refractivity contribution in [1.29, 1.82) is 0 Å². The Morgan fingerprint density at radius 1 is 1.15 bits per heavy atom. The molecule has 0 atom stereocenters. The predicted octanol–water partition coefficient (Wildman–Crippen LogP) is 4.92. The van der Waals surface area contributed by atoms with E-state index in [0.29, 0.717) is 47.8 Å². The van der Waals surface area contributed by atoms with Crippen LogP contribution in [0, 0.1) is 11.6 Å². The van der Waals surface area contributed by atoms with Crippen molar-refractivity contribution < 1.29 is 18.3 Å². The van der Waals surface area contributed by atoms with Crippen LogP contribution in [-0.2, 0) is 4.74 Å². The van der Waals surface area contributed by atoms with Crippen LogP contribution in [0.5, 0.6) is 0 Å². The van der Waals surface area contributed by atoms with Crippen molar-refractivity contribution in [2.75, 3.05) is 36.5 Å². The number of hydrogen-bond acceptors (Lipinski definition) is 4. The number of halogens is 3. The number of amides is 1. The molecule has 140 valence electrons. The highest BCUT2D eigenvalue weighted by Gasteiger charge is 2.19. The maximum Gasteiger partial charge on any atom is 0.267 e. The monoisotopic (exact) mass is 408 g/mol. The van der Waals surface area contributed by atoms with Crippen molar-refractivity contribution in [3.63, 3.8) is 0 Å². The molecule has 1 fully saturated rings. The summed E-state index contributed by atoms with van der Waals surface area (Å²) in [5, 5.41) is 3.53. The highest BCUT2D eigenvalue weighted by molar-refractivity contribution is 7.21. The zero-order valence-electron chi connectivity index (χ0n) is 14.1. The van der Waals surface area contributed by atoms with Gasteiger partial charge in [-0.2, -0.15) is 0 Å². The highest BCUT2D eigenvalue weighted by Crippen LogP contribution is 2.36. The van der Waals surface area contributed by atoms with Crippen LogP contribution in [0.25, 0.3) is 10.1 Å². The highest BCUT2D eigenvalue weighted by atomic mass is 35.5. The summed E-state index contributed by atoms with van der Waals surface area (Å²) in [5.74, 6) is -1.27. The molecule has 0 unspecified atom stereocenters. The lowest BCUT2D eigenvalue weighted by atomic mass is 10.2. The van der Waals surface area contributed by atoms with Gasteiger partial charge in [-0.15, -0.1) is 11.3 Å². The van der Waals surface area contributed by atoms with Crippen LogP contribution in [0.1, 0.15) is 9.67 Å². The quantitative estimate of drug-likeness (QED) is 0.668. The average molecular weight is 409 g/mol. The van der Waals surface area contributed by atoms with Crippen molar-refractivity contribution in [1.82, 2.24) is 0 Å². The Balaban J connectivity index is 1.56. The van der Waals surface area contributed by atoms with Crippen LogP contribution >= 0.6 is 22.9 Å². The normalized spacial score (nSPS) is 14.6. The molecule has 1 aromatic heterocycles. The first-order valence-corrected chi connectivity index (χ1v) is 9.53. The molecule has 1 aliphatic heterocycles. The molecule has 3 aromatic rings. The predicted molar refractivity (Wildman–Crippen MR) is 104 cm³/mol. The van der Waals surface area contributed by atoms with Crippen LogP contribution < -0.4 is 10.2 Å². The number of fused-ring (bicyclic) bond motifs is 1. The van der Waals surface area contributed by atoms with Crippen LogP contribution in [-0.4, -0.2) is 32.2 Å². The van der Waals surface area contributed by atoms with Gasteiger partial charge in [-0.1, -0.05) is 11.6 Å². The molecular formula is C19H15ClF2N2O2S. The summed E-state index contributed by atoms with van der Waals surface area (Å²) in [6.07, 6.45) is 0. The minimum atomic E-state index is -0.458. The summed E-state index contributed by atoms with van der Waals surface area (Å²) in [5.41, 5.74) is 0.806. The molecule has 27 heavy (non-hydrogen) atoms. The molecule has 0 spiro atoms. The van der Waals surface area contributed by atoms with E-state index < -0.39 is 17.5 Å². The van der Waals surface area contributed by atoms with Gasteiger partial charge < -0.3 is 15.0 Å². The SMILES string of the molecule is O=C(Nc1ccc(N2CCOCC2)c(F)c1)c1sc2cc(F)ccc2c1Cl. The maximum atomic E-state index is 14.5. The fourth-order valence-corrected chi connectivity index (χ4v) is 4.46. The number of hydrogen-bond donors (Lipinski definition) is 1. The maximum absolute atomic E-state index is 14.5. The number of carbonyl (C=O) groups is 1. The Labute approximate surface area is 163 Å². The number of thiophene rings is 1. The van der Waals surface area contributed by atoms with Gasteiger partial charge in [-0.3, -0.25) is 4.79 Å². The van der Waals surface area contributed by atoms with Gasteiger partial charge in [-0.05, 0) is 36.4 Å². The third-order valence-corrected chi connectivity index (χ3v) is 6.01. The Morgan fingerprint density at radius 3 is 2.67 bits per heavy atom. The number of anilines is 2. The van der Waals surface area contributed by atoms with E-state index in [1.165, 1.54) is 24.3 Å². The first kappa shape index (κ1) is 18.2. The minimum absolute atomic E-state index is 0.259. The Hall–Kier alpha value is -2.22. The van der Waals surface area contributed by atoms with Gasteiger partial charge in [0.1, 0.15) is 16.5 Å². The van der Waals surface area contributed by atoms with E-state index >= 15 is 0 Å². The molecule has 4 nitrogen and oxygen atoms in total. The largest absolute Gasteiger partial charge is 0.378 e. The number of ether oxygens (including phenoxy) is 1. The molecule has 0 radical (unpaired) electrons. The van der Waals surface area contributed by atoms with E-state index in [1.807, 2.05) is 4.90 Å². The van der Waals surface area contributed by atoms with Gasteiger partial charge in [-0.25, -0.2) is 8.78 Å². The number of nitrogens with one attached hydrogen (secondary N) is 1. The molecule has 2 aromatic carbocycles. The number of benzene rings is 2. The lowest BCUT2D eigenvalue weighted by Gasteiger charge is -2.29.